The molecule has 1 heterocycles. The SMILES string of the molecule is Cc1c(C)c(C)c2c(c1C)n(C)c[n+]2C. The van der Waals surface area contributed by atoms with Gasteiger partial charge >= 0.3 is 0 Å². The first-order valence-corrected chi connectivity index (χ1v) is 5.36. The van der Waals surface area contributed by atoms with E-state index in [0.717, 1.165) is 0 Å². The van der Waals surface area contributed by atoms with Gasteiger partial charge in [-0.3, -0.25) is 0 Å². The number of aryl methyl sites for hydroxylation is 4. The Morgan fingerprint density at radius 3 is 2.07 bits per heavy atom. The second kappa shape index (κ2) is 3.09. The van der Waals surface area contributed by atoms with Crippen LogP contribution in [0.3, 0.4) is 0 Å². The minimum absolute atomic E-state index is 1.36. The summed E-state index contributed by atoms with van der Waals surface area (Å²) >= 11 is 0. The summed E-state index contributed by atoms with van der Waals surface area (Å²) in [6.07, 6.45) is 2.14. The molecule has 2 heteroatoms. The average molecular weight is 203 g/mol. The molecule has 0 atom stereocenters. The Labute approximate surface area is 91.2 Å². The number of hydrogen-bond acceptors (Lipinski definition) is 0. The van der Waals surface area contributed by atoms with Crippen LogP contribution in [0.5, 0.6) is 0 Å². The molecule has 1 aromatic carbocycles. The first-order chi connectivity index (χ1) is 6.95. The zero-order valence-electron chi connectivity index (χ0n) is 10.5. The minimum Gasteiger partial charge on any atom is -0.232 e. The standard InChI is InChI=1S/C13H19N2/c1-8-9(2)11(4)13-12(10(8)3)14(5)7-15(13)6/h7H,1-6H3/q+1. The summed E-state index contributed by atoms with van der Waals surface area (Å²) in [6.45, 7) is 8.85. The number of benzene rings is 1. The molecule has 2 aromatic rings. The normalized spacial score (nSPS) is 11.3. The van der Waals surface area contributed by atoms with Crippen molar-refractivity contribution in [2.24, 2.45) is 14.1 Å². The zero-order chi connectivity index (χ0) is 11.3. The monoisotopic (exact) mass is 203 g/mol. The average Bonchev–Trinajstić information content (AvgIpc) is 2.47. The summed E-state index contributed by atoms with van der Waals surface area (Å²) in [5, 5.41) is 0. The molecule has 0 N–H and O–H groups in total. The van der Waals surface area contributed by atoms with Crippen molar-refractivity contribution in [1.82, 2.24) is 4.57 Å². The molecule has 15 heavy (non-hydrogen) atoms. The lowest BCUT2D eigenvalue weighted by Gasteiger charge is -2.08. The van der Waals surface area contributed by atoms with Gasteiger partial charge in [-0.25, -0.2) is 9.13 Å². The van der Waals surface area contributed by atoms with Crippen molar-refractivity contribution >= 4 is 11.0 Å². The fourth-order valence-electron chi connectivity index (χ4n) is 2.51. The Morgan fingerprint density at radius 1 is 0.933 bits per heavy atom. The van der Waals surface area contributed by atoms with Gasteiger partial charge in [0, 0.05) is 11.1 Å². The van der Waals surface area contributed by atoms with Crippen LogP contribution in [-0.4, -0.2) is 4.57 Å². The van der Waals surface area contributed by atoms with Crippen molar-refractivity contribution in [3.8, 4) is 0 Å². The molecular formula is C13H19N2+. The summed E-state index contributed by atoms with van der Waals surface area (Å²) in [6, 6.07) is 0. The molecule has 2 rings (SSSR count). The van der Waals surface area contributed by atoms with Gasteiger partial charge in [0.05, 0.1) is 14.1 Å². The number of hydrogen-bond donors (Lipinski definition) is 0. The molecule has 0 radical (unpaired) electrons. The molecule has 1 aromatic heterocycles. The molecule has 0 unspecified atom stereocenters. The molecule has 0 aliphatic heterocycles. The molecule has 0 saturated carbocycles. The van der Waals surface area contributed by atoms with Crippen LogP contribution in [-0.2, 0) is 14.1 Å². The van der Waals surface area contributed by atoms with E-state index in [4.69, 9.17) is 0 Å². The van der Waals surface area contributed by atoms with Gasteiger partial charge in [0.25, 0.3) is 0 Å². The third-order valence-electron chi connectivity index (χ3n) is 3.67. The van der Waals surface area contributed by atoms with E-state index in [9.17, 15) is 0 Å². The maximum absolute atomic E-state index is 2.21. The number of fused-ring (bicyclic) bond motifs is 1. The number of aromatic nitrogens is 2. The number of imidazole rings is 1. The van der Waals surface area contributed by atoms with Crippen molar-refractivity contribution in [3.05, 3.63) is 28.6 Å². The van der Waals surface area contributed by atoms with E-state index in [2.05, 4.69) is 57.3 Å². The highest BCUT2D eigenvalue weighted by molar-refractivity contribution is 5.82. The maximum atomic E-state index is 2.21. The zero-order valence-corrected chi connectivity index (χ0v) is 10.5. The van der Waals surface area contributed by atoms with Crippen molar-refractivity contribution in [1.29, 1.82) is 0 Å². The van der Waals surface area contributed by atoms with E-state index in [-0.39, 0.29) is 0 Å². The minimum atomic E-state index is 1.36. The molecule has 0 spiro atoms. The second-order valence-electron chi connectivity index (χ2n) is 4.53. The van der Waals surface area contributed by atoms with Gasteiger partial charge in [-0.15, -0.1) is 0 Å². The Balaban J connectivity index is 3.10. The molecule has 0 bridgehead atoms. The van der Waals surface area contributed by atoms with E-state index in [1.807, 2.05) is 0 Å². The van der Waals surface area contributed by atoms with Gasteiger partial charge in [-0.05, 0) is 38.8 Å². The van der Waals surface area contributed by atoms with E-state index < -0.39 is 0 Å². The van der Waals surface area contributed by atoms with Crippen LogP contribution in [0.1, 0.15) is 22.3 Å². The third-order valence-corrected chi connectivity index (χ3v) is 3.67. The van der Waals surface area contributed by atoms with Gasteiger partial charge in [-0.2, -0.15) is 0 Å². The Bertz CT molecular complexity index is 500. The topological polar surface area (TPSA) is 8.81 Å². The van der Waals surface area contributed by atoms with Crippen LogP contribution >= 0.6 is 0 Å². The number of rotatable bonds is 0. The van der Waals surface area contributed by atoms with Crippen LogP contribution in [0.15, 0.2) is 6.33 Å². The molecular weight excluding hydrogens is 184 g/mol. The van der Waals surface area contributed by atoms with Crippen LogP contribution in [0.2, 0.25) is 0 Å². The van der Waals surface area contributed by atoms with Gasteiger partial charge in [0.1, 0.15) is 0 Å². The van der Waals surface area contributed by atoms with Gasteiger partial charge < -0.3 is 0 Å². The van der Waals surface area contributed by atoms with Crippen LogP contribution in [0, 0.1) is 27.7 Å². The smallest absolute Gasteiger partial charge is 0.232 e. The molecule has 0 amide bonds. The summed E-state index contributed by atoms with van der Waals surface area (Å²) in [5.74, 6) is 0. The van der Waals surface area contributed by atoms with Gasteiger partial charge in [-0.1, -0.05) is 0 Å². The summed E-state index contributed by atoms with van der Waals surface area (Å²) in [7, 11) is 4.23. The summed E-state index contributed by atoms with van der Waals surface area (Å²) < 4.78 is 4.42. The lowest BCUT2D eigenvalue weighted by Crippen LogP contribution is -2.26. The lowest BCUT2D eigenvalue weighted by molar-refractivity contribution is -0.645. The first-order valence-electron chi connectivity index (χ1n) is 5.36. The highest BCUT2D eigenvalue weighted by Crippen LogP contribution is 2.26. The predicted octanol–water partition coefficient (Wildman–Crippen LogP) is 2.24. The van der Waals surface area contributed by atoms with Gasteiger partial charge in [0.2, 0.25) is 6.33 Å². The molecule has 0 fully saturated rings. The quantitative estimate of drug-likeness (QED) is 0.581. The second-order valence-corrected chi connectivity index (χ2v) is 4.53. The summed E-state index contributed by atoms with van der Waals surface area (Å²) in [5.41, 5.74) is 8.35. The van der Waals surface area contributed by atoms with Crippen molar-refractivity contribution in [3.63, 3.8) is 0 Å². The fourth-order valence-corrected chi connectivity index (χ4v) is 2.51. The first kappa shape index (κ1) is 10.2. The predicted molar refractivity (Wildman–Crippen MR) is 63.0 cm³/mol. The molecule has 2 nitrogen and oxygen atoms in total. The third kappa shape index (κ3) is 1.21. The van der Waals surface area contributed by atoms with E-state index in [1.54, 1.807) is 0 Å². The van der Waals surface area contributed by atoms with Gasteiger partial charge in [0.15, 0.2) is 11.0 Å². The largest absolute Gasteiger partial charge is 0.244 e. The highest BCUT2D eigenvalue weighted by atomic mass is 15.1. The Morgan fingerprint density at radius 2 is 1.47 bits per heavy atom. The fraction of sp³-hybridized carbons (Fsp3) is 0.462. The van der Waals surface area contributed by atoms with Crippen LogP contribution < -0.4 is 4.57 Å². The molecule has 0 saturated heterocycles. The molecule has 80 valence electrons. The van der Waals surface area contributed by atoms with E-state index in [0.29, 0.717) is 0 Å². The lowest BCUT2D eigenvalue weighted by atomic mass is 9.97. The van der Waals surface area contributed by atoms with E-state index >= 15 is 0 Å². The molecule has 0 aliphatic carbocycles. The van der Waals surface area contributed by atoms with Crippen LogP contribution in [0.25, 0.3) is 11.0 Å². The van der Waals surface area contributed by atoms with Crippen molar-refractivity contribution in [2.75, 3.05) is 0 Å². The molecule has 0 aliphatic rings. The Kier molecular flexibility index (Phi) is 2.10. The Hall–Kier alpha value is -1.31. The van der Waals surface area contributed by atoms with Crippen molar-refractivity contribution < 1.29 is 4.57 Å². The maximum Gasteiger partial charge on any atom is 0.244 e. The summed E-state index contributed by atoms with van der Waals surface area (Å²) in [4.78, 5) is 0. The van der Waals surface area contributed by atoms with Crippen molar-refractivity contribution in [2.45, 2.75) is 27.7 Å². The van der Waals surface area contributed by atoms with Crippen LogP contribution in [0.4, 0.5) is 0 Å². The van der Waals surface area contributed by atoms with E-state index in [1.165, 1.54) is 33.3 Å². The highest BCUT2D eigenvalue weighted by Gasteiger charge is 2.19. The number of nitrogens with zero attached hydrogens (tertiary/aromatic N) is 2.